The lowest BCUT2D eigenvalue weighted by atomic mass is 10.2. The number of aromatic carboxylic acids is 1. The molecule has 2 N–H and O–H groups in total. The van der Waals surface area contributed by atoms with Crippen molar-refractivity contribution in [2.75, 3.05) is 11.9 Å². The highest BCUT2D eigenvalue weighted by Crippen LogP contribution is 2.16. The fraction of sp³-hybridized carbons (Fsp3) is 0.0714. The maximum atomic E-state index is 11.7. The van der Waals surface area contributed by atoms with Gasteiger partial charge in [0, 0.05) is 11.9 Å². The number of nitrogens with zero attached hydrogens (tertiary/aromatic N) is 1. The number of carboxylic acids is 1. The van der Waals surface area contributed by atoms with Crippen LogP contribution >= 0.6 is 0 Å². The van der Waals surface area contributed by atoms with Crippen LogP contribution < -0.4 is 10.1 Å². The first kappa shape index (κ1) is 13.5. The van der Waals surface area contributed by atoms with E-state index in [1.165, 1.54) is 18.5 Å². The molecule has 0 aliphatic carbocycles. The average Bonchev–Trinajstić information content (AvgIpc) is 2.46. The van der Waals surface area contributed by atoms with Crippen molar-refractivity contribution in [2.24, 2.45) is 0 Å². The molecule has 1 heterocycles. The van der Waals surface area contributed by atoms with Gasteiger partial charge in [-0.2, -0.15) is 0 Å². The van der Waals surface area contributed by atoms with E-state index in [1.807, 2.05) is 6.07 Å². The first-order valence-corrected chi connectivity index (χ1v) is 5.82. The predicted molar refractivity (Wildman–Crippen MR) is 71.8 cm³/mol. The summed E-state index contributed by atoms with van der Waals surface area (Å²) in [4.78, 5) is 26.4. The number of hydrogen-bond donors (Lipinski definition) is 2. The van der Waals surface area contributed by atoms with E-state index in [2.05, 4.69) is 10.3 Å². The van der Waals surface area contributed by atoms with Crippen LogP contribution in [-0.4, -0.2) is 28.6 Å². The quantitative estimate of drug-likeness (QED) is 0.866. The monoisotopic (exact) mass is 272 g/mol. The van der Waals surface area contributed by atoms with Gasteiger partial charge in [0.05, 0.1) is 6.20 Å². The molecule has 0 radical (unpaired) electrons. The smallest absolute Gasteiger partial charge is 0.339 e. The second kappa shape index (κ2) is 6.33. The maximum Gasteiger partial charge on any atom is 0.339 e. The minimum atomic E-state index is -1.13. The molecule has 6 heteroatoms. The lowest BCUT2D eigenvalue weighted by Gasteiger charge is -2.08. The summed E-state index contributed by atoms with van der Waals surface area (Å²) in [6.07, 6.45) is 2.61. The number of carbonyl (C=O) groups excluding carboxylic acids is 1. The number of carbonyl (C=O) groups is 2. The number of hydrogen-bond acceptors (Lipinski definition) is 4. The van der Waals surface area contributed by atoms with Crippen LogP contribution in [0.3, 0.4) is 0 Å². The molecule has 0 spiro atoms. The van der Waals surface area contributed by atoms with Crippen molar-refractivity contribution in [2.45, 2.75) is 0 Å². The standard InChI is InChI=1S/C14H12N2O4/c17-13(16-10-4-2-1-3-5-10)9-20-12-8-15-7-6-11(12)14(18)19/h1-8H,9H2,(H,16,17)(H,18,19). The van der Waals surface area contributed by atoms with Gasteiger partial charge < -0.3 is 15.2 Å². The lowest BCUT2D eigenvalue weighted by Crippen LogP contribution is -2.20. The van der Waals surface area contributed by atoms with Crippen LogP contribution in [-0.2, 0) is 4.79 Å². The number of benzene rings is 1. The molecule has 2 aromatic rings. The van der Waals surface area contributed by atoms with Crippen molar-refractivity contribution in [1.29, 1.82) is 0 Å². The van der Waals surface area contributed by atoms with Crippen molar-refractivity contribution < 1.29 is 19.4 Å². The Morgan fingerprint density at radius 1 is 1.20 bits per heavy atom. The summed E-state index contributed by atoms with van der Waals surface area (Å²) in [6, 6.07) is 10.2. The summed E-state index contributed by atoms with van der Waals surface area (Å²) in [5, 5.41) is 11.6. The normalized spacial score (nSPS) is 9.80. The molecule has 0 bridgehead atoms. The Morgan fingerprint density at radius 2 is 1.95 bits per heavy atom. The highest BCUT2D eigenvalue weighted by molar-refractivity contribution is 5.93. The number of nitrogens with one attached hydrogen (secondary N) is 1. The van der Waals surface area contributed by atoms with Gasteiger partial charge >= 0.3 is 5.97 Å². The summed E-state index contributed by atoms with van der Waals surface area (Å²) in [6.45, 7) is -0.291. The topological polar surface area (TPSA) is 88.5 Å². The molecule has 6 nitrogen and oxygen atoms in total. The molecule has 20 heavy (non-hydrogen) atoms. The summed E-state index contributed by atoms with van der Waals surface area (Å²) in [7, 11) is 0. The van der Waals surface area contributed by atoms with Crippen LogP contribution in [0.1, 0.15) is 10.4 Å². The van der Waals surface area contributed by atoms with Gasteiger partial charge in [0.15, 0.2) is 12.4 Å². The zero-order valence-electron chi connectivity index (χ0n) is 10.4. The molecule has 0 saturated heterocycles. The van der Waals surface area contributed by atoms with Crippen molar-refractivity contribution in [3.05, 3.63) is 54.4 Å². The molecular formula is C14H12N2O4. The Kier molecular flexibility index (Phi) is 4.28. The third-order valence-electron chi connectivity index (χ3n) is 2.43. The number of pyridine rings is 1. The summed E-state index contributed by atoms with van der Waals surface area (Å²) < 4.78 is 5.18. The van der Waals surface area contributed by atoms with Crippen LogP contribution in [0.5, 0.6) is 5.75 Å². The Labute approximate surface area is 115 Å². The number of anilines is 1. The molecule has 0 saturated carbocycles. The number of aromatic nitrogens is 1. The highest BCUT2D eigenvalue weighted by atomic mass is 16.5. The molecular weight excluding hydrogens is 260 g/mol. The minimum Gasteiger partial charge on any atom is -0.481 e. The highest BCUT2D eigenvalue weighted by Gasteiger charge is 2.12. The summed E-state index contributed by atoms with van der Waals surface area (Å²) in [5.74, 6) is -1.45. The summed E-state index contributed by atoms with van der Waals surface area (Å²) >= 11 is 0. The number of ether oxygens (including phenoxy) is 1. The van der Waals surface area contributed by atoms with E-state index in [1.54, 1.807) is 24.3 Å². The van der Waals surface area contributed by atoms with Gasteiger partial charge in [-0.25, -0.2) is 4.79 Å². The zero-order chi connectivity index (χ0) is 14.4. The summed E-state index contributed by atoms with van der Waals surface area (Å²) in [5.41, 5.74) is 0.609. The molecule has 0 aliphatic heterocycles. The van der Waals surface area contributed by atoms with Gasteiger partial charge in [-0.3, -0.25) is 9.78 Å². The maximum absolute atomic E-state index is 11.7. The minimum absolute atomic E-state index is 0.0347. The molecule has 1 amide bonds. The Bertz CT molecular complexity index is 614. The molecule has 0 aliphatic rings. The largest absolute Gasteiger partial charge is 0.481 e. The van der Waals surface area contributed by atoms with E-state index >= 15 is 0 Å². The van der Waals surface area contributed by atoms with E-state index in [0.717, 1.165) is 0 Å². The molecule has 1 aromatic carbocycles. The van der Waals surface area contributed by atoms with Gasteiger partial charge in [-0.1, -0.05) is 18.2 Å². The second-order valence-corrected chi connectivity index (χ2v) is 3.88. The average molecular weight is 272 g/mol. The Hall–Kier alpha value is -2.89. The number of para-hydroxylation sites is 1. The predicted octanol–water partition coefficient (Wildman–Crippen LogP) is 1.80. The van der Waals surface area contributed by atoms with Crippen LogP contribution in [0, 0.1) is 0 Å². The van der Waals surface area contributed by atoms with Gasteiger partial charge in [0.2, 0.25) is 0 Å². The van der Waals surface area contributed by atoms with E-state index in [9.17, 15) is 9.59 Å². The van der Waals surface area contributed by atoms with Crippen LogP contribution in [0.15, 0.2) is 48.8 Å². The lowest BCUT2D eigenvalue weighted by molar-refractivity contribution is -0.118. The van der Waals surface area contributed by atoms with Crippen LogP contribution in [0.4, 0.5) is 5.69 Å². The first-order valence-electron chi connectivity index (χ1n) is 5.82. The SMILES string of the molecule is O=C(COc1cnccc1C(=O)O)Nc1ccccc1. The molecule has 0 fully saturated rings. The fourth-order valence-electron chi connectivity index (χ4n) is 1.53. The number of amides is 1. The van der Waals surface area contributed by atoms with E-state index in [4.69, 9.17) is 9.84 Å². The van der Waals surface area contributed by atoms with E-state index in [0.29, 0.717) is 5.69 Å². The number of rotatable bonds is 5. The van der Waals surface area contributed by atoms with Gasteiger partial charge in [-0.15, -0.1) is 0 Å². The third-order valence-corrected chi connectivity index (χ3v) is 2.43. The van der Waals surface area contributed by atoms with E-state index in [-0.39, 0.29) is 23.8 Å². The van der Waals surface area contributed by atoms with Crippen molar-refractivity contribution in [3.63, 3.8) is 0 Å². The van der Waals surface area contributed by atoms with Crippen molar-refractivity contribution in [3.8, 4) is 5.75 Å². The number of carboxylic acid groups (broad SMARTS) is 1. The molecule has 2 rings (SSSR count). The van der Waals surface area contributed by atoms with Gasteiger partial charge in [-0.05, 0) is 18.2 Å². The molecule has 1 aromatic heterocycles. The molecule has 0 unspecified atom stereocenters. The molecule has 102 valence electrons. The third kappa shape index (κ3) is 3.55. The van der Waals surface area contributed by atoms with Crippen molar-refractivity contribution in [1.82, 2.24) is 4.98 Å². The second-order valence-electron chi connectivity index (χ2n) is 3.88. The Morgan fingerprint density at radius 3 is 2.65 bits per heavy atom. The van der Waals surface area contributed by atoms with Crippen LogP contribution in [0.25, 0.3) is 0 Å². The van der Waals surface area contributed by atoms with Crippen molar-refractivity contribution >= 4 is 17.6 Å². The van der Waals surface area contributed by atoms with Gasteiger partial charge in [0.1, 0.15) is 5.56 Å². The van der Waals surface area contributed by atoms with Crippen LogP contribution in [0.2, 0.25) is 0 Å². The fourth-order valence-corrected chi connectivity index (χ4v) is 1.53. The zero-order valence-corrected chi connectivity index (χ0v) is 10.4. The van der Waals surface area contributed by atoms with Gasteiger partial charge in [0.25, 0.3) is 5.91 Å². The molecule has 0 atom stereocenters. The Balaban J connectivity index is 1.96. The first-order chi connectivity index (χ1) is 9.66. The van der Waals surface area contributed by atoms with E-state index < -0.39 is 5.97 Å².